The van der Waals surface area contributed by atoms with Gasteiger partial charge in [0.2, 0.25) is 0 Å². The summed E-state index contributed by atoms with van der Waals surface area (Å²) in [6.45, 7) is 0. The molecule has 2 aromatic carbocycles. The third-order valence-corrected chi connectivity index (χ3v) is 3.16. The Morgan fingerprint density at radius 1 is 1.14 bits per heavy atom. The minimum absolute atomic E-state index is 0.0699. The SMILES string of the molecule is COC(/C=C/c1ccccc1)CC(=O)c1ccc(F)cc1. The first-order valence-corrected chi connectivity index (χ1v) is 6.74. The fourth-order valence-corrected chi connectivity index (χ4v) is 1.95. The molecule has 1 unspecified atom stereocenters. The largest absolute Gasteiger partial charge is 0.377 e. The molecule has 0 spiro atoms. The number of benzene rings is 2. The molecule has 0 aliphatic rings. The molecule has 0 N–H and O–H groups in total. The number of carbonyl (C=O) groups excluding carboxylic acids is 1. The number of hydrogen-bond donors (Lipinski definition) is 0. The van der Waals surface area contributed by atoms with E-state index in [4.69, 9.17) is 4.74 Å². The van der Waals surface area contributed by atoms with Gasteiger partial charge in [0.15, 0.2) is 5.78 Å². The first-order valence-electron chi connectivity index (χ1n) is 6.74. The molecule has 21 heavy (non-hydrogen) atoms. The minimum Gasteiger partial charge on any atom is -0.377 e. The average molecular weight is 284 g/mol. The van der Waals surface area contributed by atoms with Crippen molar-refractivity contribution in [3.8, 4) is 0 Å². The van der Waals surface area contributed by atoms with Crippen LogP contribution in [0.15, 0.2) is 60.7 Å². The van der Waals surface area contributed by atoms with Crippen molar-refractivity contribution in [2.45, 2.75) is 12.5 Å². The highest BCUT2D eigenvalue weighted by Gasteiger charge is 2.12. The van der Waals surface area contributed by atoms with E-state index in [-0.39, 0.29) is 24.1 Å². The number of Topliss-reactive ketones (excluding diaryl/α,β-unsaturated/α-hetero) is 1. The molecular formula is C18H17FO2. The van der Waals surface area contributed by atoms with Gasteiger partial charge in [0.05, 0.1) is 6.10 Å². The number of methoxy groups -OCH3 is 1. The summed E-state index contributed by atoms with van der Waals surface area (Å²) >= 11 is 0. The van der Waals surface area contributed by atoms with Crippen LogP contribution in [0.5, 0.6) is 0 Å². The monoisotopic (exact) mass is 284 g/mol. The van der Waals surface area contributed by atoms with Gasteiger partial charge in [-0.15, -0.1) is 0 Å². The summed E-state index contributed by atoms with van der Waals surface area (Å²) in [5, 5.41) is 0. The molecule has 0 aliphatic carbocycles. The summed E-state index contributed by atoms with van der Waals surface area (Å²) in [5.41, 5.74) is 1.54. The lowest BCUT2D eigenvalue weighted by Crippen LogP contribution is -2.13. The normalized spacial score (nSPS) is 12.5. The third-order valence-electron chi connectivity index (χ3n) is 3.16. The lowest BCUT2D eigenvalue weighted by atomic mass is 10.0. The number of halogens is 1. The van der Waals surface area contributed by atoms with Crippen molar-refractivity contribution in [1.82, 2.24) is 0 Å². The van der Waals surface area contributed by atoms with Crippen molar-refractivity contribution in [3.63, 3.8) is 0 Å². The fourth-order valence-electron chi connectivity index (χ4n) is 1.95. The predicted molar refractivity (Wildman–Crippen MR) is 81.6 cm³/mol. The van der Waals surface area contributed by atoms with Gasteiger partial charge in [0.25, 0.3) is 0 Å². The second-order valence-electron chi connectivity index (χ2n) is 4.68. The number of carbonyl (C=O) groups is 1. The second-order valence-corrected chi connectivity index (χ2v) is 4.68. The topological polar surface area (TPSA) is 26.3 Å². The minimum atomic E-state index is -0.348. The molecule has 0 amide bonds. The van der Waals surface area contributed by atoms with Crippen molar-refractivity contribution in [1.29, 1.82) is 0 Å². The molecule has 1 atom stereocenters. The van der Waals surface area contributed by atoms with Crippen LogP contribution in [-0.4, -0.2) is 19.0 Å². The van der Waals surface area contributed by atoms with Crippen LogP contribution in [0.25, 0.3) is 6.08 Å². The van der Waals surface area contributed by atoms with Crippen LogP contribution in [-0.2, 0) is 4.74 Å². The number of ether oxygens (including phenoxy) is 1. The van der Waals surface area contributed by atoms with E-state index in [0.29, 0.717) is 5.56 Å². The van der Waals surface area contributed by atoms with Crippen molar-refractivity contribution in [2.75, 3.05) is 7.11 Å². The average Bonchev–Trinajstić information content (AvgIpc) is 2.53. The predicted octanol–water partition coefficient (Wildman–Crippen LogP) is 4.13. The zero-order valence-electron chi connectivity index (χ0n) is 11.8. The Bertz CT molecular complexity index is 603. The highest BCUT2D eigenvalue weighted by molar-refractivity contribution is 5.96. The molecule has 0 aromatic heterocycles. The lowest BCUT2D eigenvalue weighted by Gasteiger charge is -2.10. The molecule has 108 valence electrons. The van der Waals surface area contributed by atoms with E-state index in [1.807, 2.05) is 42.5 Å². The quantitative estimate of drug-likeness (QED) is 0.746. The van der Waals surface area contributed by atoms with Crippen molar-refractivity contribution in [3.05, 3.63) is 77.6 Å². The maximum atomic E-state index is 12.8. The van der Waals surface area contributed by atoms with Gasteiger partial charge >= 0.3 is 0 Å². The highest BCUT2D eigenvalue weighted by Crippen LogP contribution is 2.11. The van der Waals surface area contributed by atoms with Gasteiger partial charge in [0, 0.05) is 19.1 Å². The Balaban J connectivity index is 2.00. The van der Waals surface area contributed by atoms with Gasteiger partial charge in [0.1, 0.15) is 5.82 Å². The van der Waals surface area contributed by atoms with Gasteiger partial charge in [-0.3, -0.25) is 4.79 Å². The smallest absolute Gasteiger partial charge is 0.165 e. The van der Waals surface area contributed by atoms with Gasteiger partial charge in [-0.25, -0.2) is 4.39 Å². The van der Waals surface area contributed by atoms with Crippen LogP contribution in [0.4, 0.5) is 4.39 Å². The van der Waals surface area contributed by atoms with E-state index < -0.39 is 0 Å². The molecule has 0 saturated carbocycles. The molecule has 0 aliphatic heterocycles. The fraction of sp³-hybridized carbons (Fsp3) is 0.167. The molecule has 0 bridgehead atoms. The zero-order valence-corrected chi connectivity index (χ0v) is 11.8. The van der Waals surface area contributed by atoms with Crippen LogP contribution < -0.4 is 0 Å². The first kappa shape index (κ1) is 15.1. The van der Waals surface area contributed by atoms with Crippen LogP contribution in [0.3, 0.4) is 0 Å². The van der Waals surface area contributed by atoms with Crippen molar-refractivity contribution < 1.29 is 13.9 Å². The van der Waals surface area contributed by atoms with Crippen LogP contribution in [0.2, 0.25) is 0 Å². The highest BCUT2D eigenvalue weighted by atomic mass is 19.1. The second kappa shape index (κ2) is 7.50. The summed E-state index contributed by atoms with van der Waals surface area (Å²) in [5.74, 6) is -0.418. The maximum Gasteiger partial charge on any atom is 0.165 e. The Labute approximate surface area is 123 Å². The van der Waals surface area contributed by atoms with E-state index in [1.54, 1.807) is 7.11 Å². The molecule has 0 fully saturated rings. The van der Waals surface area contributed by atoms with E-state index >= 15 is 0 Å². The maximum absolute atomic E-state index is 12.8. The van der Waals surface area contributed by atoms with Gasteiger partial charge in [-0.2, -0.15) is 0 Å². The number of rotatable bonds is 6. The molecule has 0 saturated heterocycles. The summed E-state index contributed by atoms with van der Waals surface area (Å²) in [6, 6.07) is 15.4. The first-order chi connectivity index (χ1) is 10.2. The van der Waals surface area contributed by atoms with Gasteiger partial charge in [-0.05, 0) is 29.8 Å². The summed E-state index contributed by atoms with van der Waals surface area (Å²) in [7, 11) is 1.57. The number of hydrogen-bond acceptors (Lipinski definition) is 2. The Hall–Kier alpha value is -2.26. The third kappa shape index (κ3) is 4.65. The van der Waals surface area contributed by atoms with Crippen LogP contribution in [0, 0.1) is 5.82 Å². The standard InChI is InChI=1S/C18H17FO2/c1-21-17(12-7-14-5-3-2-4-6-14)13-18(20)15-8-10-16(19)11-9-15/h2-12,17H,13H2,1H3/b12-7+. The Kier molecular flexibility index (Phi) is 5.41. The Morgan fingerprint density at radius 2 is 1.81 bits per heavy atom. The Morgan fingerprint density at radius 3 is 2.43 bits per heavy atom. The van der Waals surface area contributed by atoms with Crippen LogP contribution in [0.1, 0.15) is 22.3 Å². The molecule has 3 heteroatoms. The summed E-state index contributed by atoms with van der Waals surface area (Å²) in [4.78, 5) is 12.1. The molecule has 0 heterocycles. The van der Waals surface area contributed by atoms with E-state index in [2.05, 4.69) is 0 Å². The molecule has 2 aromatic rings. The molecule has 0 radical (unpaired) electrons. The van der Waals surface area contributed by atoms with Crippen LogP contribution >= 0.6 is 0 Å². The molecular weight excluding hydrogens is 267 g/mol. The summed E-state index contributed by atoms with van der Waals surface area (Å²) < 4.78 is 18.1. The molecule has 2 rings (SSSR count). The molecule has 2 nitrogen and oxygen atoms in total. The van der Waals surface area contributed by atoms with Crippen molar-refractivity contribution >= 4 is 11.9 Å². The van der Waals surface area contributed by atoms with Gasteiger partial charge in [-0.1, -0.05) is 42.5 Å². The lowest BCUT2D eigenvalue weighted by molar-refractivity contribution is 0.0854. The van der Waals surface area contributed by atoms with Crippen molar-refractivity contribution in [2.24, 2.45) is 0 Å². The van der Waals surface area contributed by atoms with E-state index in [1.165, 1.54) is 24.3 Å². The number of ketones is 1. The van der Waals surface area contributed by atoms with Gasteiger partial charge < -0.3 is 4.74 Å². The van der Waals surface area contributed by atoms with E-state index in [9.17, 15) is 9.18 Å². The zero-order chi connectivity index (χ0) is 15.1. The summed E-state index contributed by atoms with van der Waals surface area (Å²) in [6.07, 6.45) is 3.71. The van der Waals surface area contributed by atoms with E-state index in [0.717, 1.165) is 5.56 Å².